The molecule has 0 aliphatic carbocycles. The van der Waals surface area contributed by atoms with Crippen LogP contribution in [0.3, 0.4) is 0 Å². The van der Waals surface area contributed by atoms with Gasteiger partial charge in [0.2, 0.25) is 0 Å². The number of hydrogen-bond donors (Lipinski definition) is 1. The summed E-state index contributed by atoms with van der Waals surface area (Å²) in [4.78, 5) is 0.589. The Bertz CT molecular complexity index is 537. The van der Waals surface area contributed by atoms with Gasteiger partial charge in [-0.05, 0) is 30.1 Å². The molecule has 0 spiro atoms. The molecule has 0 saturated carbocycles. The van der Waals surface area contributed by atoms with Crippen molar-refractivity contribution in [3.63, 3.8) is 0 Å². The van der Waals surface area contributed by atoms with Crippen molar-refractivity contribution < 1.29 is 13.2 Å². The van der Waals surface area contributed by atoms with Gasteiger partial charge in [0.05, 0.1) is 0 Å². The van der Waals surface area contributed by atoms with Crippen LogP contribution in [0.5, 0.6) is 0 Å². The van der Waals surface area contributed by atoms with Crippen LogP contribution in [0.2, 0.25) is 0 Å². The van der Waals surface area contributed by atoms with Gasteiger partial charge in [0.15, 0.2) is 11.6 Å². The summed E-state index contributed by atoms with van der Waals surface area (Å²) >= 11 is 1.30. The van der Waals surface area contributed by atoms with Crippen molar-refractivity contribution in [2.45, 2.75) is 6.54 Å². The Labute approximate surface area is 101 Å². The van der Waals surface area contributed by atoms with Gasteiger partial charge < -0.3 is 5.32 Å². The summed E-state index contributed by atoms with van der Waals surface area (Å²) in [5.41, 5.74) is 1.08. The molecule has 1 aromatic carbocycles. The van der Waals surface area contributed by atoms with Crippen molar-refractivity contribution in [2.75, 3.05) is 7.05 Å². The Morgan fingerprint density at radius 2 is 1.76 bits per heavy atom. The smallest absolute Gasteiger partial charge is 0.161 e. The van der Waals surface area contributed by atoms with Gasteiger partial charge in [0.1, 0.15) is 5.82 Å². The van der Waals surface area contributed by atoms with Crippen molar-refractivity contribution in [1.29, 1.82) is 0 Å². The van der Waals surface area contributed by atoms with Crippen molar-refractivity contribution in [3.8, 4) is 10.4 Å². The predicted molar refractivity (Wildman–Crippen MR) is 62.4 cm³/mol. The Balaban J connectivity index is 2.41. The van der Waals surface area contributed by atoms with Crippen LogP contribution >= 0.6 is 11.3 Å². The molecule has 1 nitrogen and oxygen atoms in total. The van der Waals surface area contributed by atoms with Gasteiger partial charge in [-0.25, -0.2) is 13.2 Å². The molecule has 17 heavy (non-hydrogen) atoms. The molecule has 0 atom stereocenters. The maximum Gasteiger partial charge on any atom is 0.161 e. The molecule has 2 rings (SSSR count). The number of thiophene rings is 1. The zero-order valence-electron chi connectivity index (χ0n) is 9.06. The fraction of sp³-hybridized carbons (Fsp3) is 0.167. The van der Waals surface area contributed by atoms with Crippen molar-refractivity contribution >= 4 is 11.3 Å². The lowest BCUT2D eigenvalue weighted by atomic mass is 10.1. The molecule has 1 heterocycles. The lowest BCUT2D eigenvalue weighted by Gasteiger charge is -2.01. The average molecular weight is 257 g/mol. The second-order valence-electron chi connectivity index (χ2n) is 3.60. The molecule has 5 heteroatoms. The molecule has 1 aromatic heterocycles. The fourth-order valence-electron chi connectivity index (χ4n) is 1.53. The van der Waals surface area contributed by atoms with Crippen LogP contribution in [0.4, 0.5) is 13.2 Å². The molecule has 2 aromatic rings. The van der Waals surface area contributed by atoms with Gasteiger partial charge in [-0.3, -0.25) is 0 Å². The average Bonchev–Trinajstić information content (AvgIpc) is 2.72. The van der Waals surface area contributed by atoms with E-state index in [2.05, 4.69) is 5.32 Å². The third-order valence-electron chi connectivity index (χ3n) is 2.31. The molecule has 0 aliphatic rings. The number of nitrogens with one attached hydrogen (secondary N) is 1. The molecule has 0 saturated heterocycles. The SMILES string of the molecule is CNCc1csc(-c2cc(F)c(F)cc2F)c1. The van der Waals surface area contributed by atoms with Crippen molar-refractivity contribution in [3.05, 3.63) is 46.6 Å². The second kappa shape index (κ2) is 4.89. The van der Waals surface area contributed by atoms with Gasteiger partial charge in [-0.1, -0.05) is 0 Å². The maximum atomic E-state index is 13.5. The molecule has 1 N–H and O–H groups in total. The van der Waals surface area contributed by atoms with Crippen LogP contribution in [-0.4, -0.2) is 7.05 Å². The summed E-state index contributed by atoms with van der Waals surface area (Å²) in [6.45, 7) is 0.655. The normalized spacial score (nSPS) is 10.8. The van der Waals surface area contributed by atoms with Crippen LogP contribution in [0, 0.1) is 17.5 Å². The predicted octanol–water partition coefficient (Wildman–Crippen LogP) is 3.55. The molecular weight excluding hydrogens is 247 g/mol. The summed E-state index contributed by atoms with van der Waals surface area (Å²) < 4.78 is 39.3. The van der Waals surface area contributed by atoms with E-state index in [0.717, 1.165) is 11.6 Å². The van der Waals surface area contributed by atoms with E-state index in [1.807, 2.05) is 5.38 Å². The maximum absolute atomic E-state index is 13.5. The highest BCUT2D eigenvalue weighted by Crippen LogP contribution is 2.30. The molecule has 0 unspecified atom stereocenters. The van der Waals surface area contributed by atoms with Crippen LogP contribution in [0.1, 0.15) is 5.56 Å². The van der Waals surface area contributed by atoms with E-state index in [1.165, 1.54) is 11.3 Å². The number of hydrogen-bond acceptors (Lipinski definition) is 2. The van der Waals surface area contributed by atoms with E-state index in [0.29, 0.717) is 17.5 Å². The Kier molecular flexibility index (Phi) is 3.49. The van der Waals surface area contributed by atoms with Crippen LogP contribution in [0.15, 0.2) is 23.6 Å². The monoisotopic (exact) mass is 257 g/mol. The topological polar surface area (TPSA) is 12.0 Å². The van der Waals surface area contributed by atoms with Crippen LogP contribution in [-0.2, 0) is 6.54 Å². The van der Waals surface area contributed by atoms with E-state index < -0.39 is 17.5 Å². The zero-order chi connectivity index (χ0) is 12.4. The number of benzene rings is 1. The first-order valence-electron chi connectivity index (χ1n) is 4.98. The van der Waals surface area contributed by atoms with Crippen LogP contribution in [0.25, 0.3) is 10.4 Å². The Hall–Kier alpha value is -1.33. The van der Waals surface area contributed by atoms with E-state index in [-0.39, 0.29) is 5.56 Å². The van der Waals surface area contributed by atoms with Gasteiger partial charge in [0, 0.05) is 23.1 Å². The van der Waals surface area contributed by atoms with E-state index in [9.17, 15) is 13.2 Å². The van der Waals surface area contributed by atoms with E-state index in [4.69, 9.17) is 0 Å². The highest BCUT2D eigenvalue weighted by Gasteiger charge is 2.13. The molecule has 0 aliphatic heterocycles. The molecular formula is C12H10F3NS. The molecule has 0 fully saturated rings. The summed E-state index contributed by atoms with van der Waals surface area (Å²) in [5.74, 6) is -2.95. The summed E-state index contributed by atoms with van der Waals surface area (Å²) in [6, 6.07) is 3.22. The summed E-state index contributed by atoms with van der Waals surface area (Å²) in [6.07, 6.45) is 0. The number of halogens is 3. The standard InChI is InChI=1S/C12H10F3NS/c1-16-5-7-2-12(17-6-7)8-3-10(14)11(15)4-9(8)13/h2-4,6,16H,5H2,1H3. The lowest BCUT2D eigenvalue weighted by molar-refractivity contribution is 0.496. The second-order valence-corrected chi connectivity index (χ2v) is 4.51. The fourth-order valence-corrected chi connectivity index (χ4v) is 2.46. The highest BCUT2D eigenvalue weighted by molar-refractivity contribution is 7.13. The third kappa shape index (κ3) is 2.50. The Morgan fingerprint density at radius 3 is 2.47 bits per heavy atom. The lowest BCUT2D eigenvalue weighted by Crippen LogP contribution is -2.03. The minimum Gasteiger partial charge on any atom is -0.316 e. The van der Waals surface area contributed by atoms with Gasteiger partial charge in [-0.2, -0.15) is 0 Å². The van der Waals surface area contributed by atoms with Gasteiger partial charge in [0.25, 0.3) is 0 Å². The summed E-state index contributed by atoms with van der Waals surface area (Å²) in [7, 11) is 1.80. The van der Waals surface area contributed by atoms with Gasteiger partial charge >= 0.3 is 0 Å². The van der Waals surface area contributed by atoms with Crippen molar-refractivity contribution in [1.82, 2.24) is 5.32 Å². The molecule has 90 valence electrons. The molecule has 0 amide bonds. The first-order chi connectivity index (χ1) is 8.11. The Morgan fingerprint density at radius 1 is 1.06 bits per heavy atom. The van der Waals surface area contributed by atoms with E-state index in [1.54, 1.807) is 13.1 Å². The first-order valence-corrected chi connectivity index (χ1v) is 5.86. The summed E-state index contributed by atoms with van der Waals surface area (Å²) in [5, 5.41) is 4.82. The van der Waals surface area contributed by atoms with Gasteiger partial charge in [-0.15, -0.1) is 11.3 Å². The van der Waals surface area contributed by atoms with E-state index >= 15 is 0 Å². The quantitative estimate of drug-likeness (QED) is 0.829. The largest absolute Gasteiger partial charge is 0.316 e. The number of rotatable bonds is 3. The molecule has 0 radical (unpaired) electrons. The third-order valence-corrected chi connectivity index (χ3v) is 3.32. The zero-order valence-corrected chi connectivity index (χ0v) is 9.88. The molecule has 0 bridgehead atoms. The van der Waals surface area contributed by atoms with Crippen LogP contribution < -0.4 is 5.32 Å². The highest BCUT2D eigenvalue weighted by atomic mass is 32.1. The minimum atomic E-state index is -1.17. The first kappa shape index (κ1) is 12.1. The minimum absolute atomic E-state index is 0.0938. The van der Waals surface area contributed by atoms with Crippen molar-refractivity contribution in [2.24, 2.45) is 0 Å².